The average Bonchev–Trinajstić information content (AvgIpc) is 2.66. The molecule has 0 aromatic heterocycles. The lowest BCUT2D eigenvalue weighted by Crippen LogP contribution is -1.95. The highest BCUT2D eigenvalue weighted by atomic mass is 79.9. The van der Waals surface area contributed by atoms with Crippen LogP contribution in [-0.2, 0) is 0 Å². The smallest absolute Gasteiger partial charge is 0.159 e. The molecule has 1 aromatic carbocycles. The van der Waals surface area contributed by atoms with Gasteiger partial charge in [0, 0.05) is 5.56 Å². The molecule has 0 N–H and O–H groups in total. The largest absolute Gasteiger partial charge is 0.245 e. The van der Waals surface area contributed by atoms with Crippen LogP contribution in [0.3, 0.4) is 0 Å². The van der Waals surface area contributed by atoms with Crippen molar-refractivity contribution in [3.63, 3.8) is 0 Å². The van der Waals surface area contributed by atoms with E-state index >= 15 is 0 Å². The lowest BCUT2D eigenvalue weighted by Gasteiger charge is -2.00. The summed E-state index contributed by atoms with van der Waals surface area (Å²) < 4.78 is 0.759. The van der Waals surface area contributed by atoms with Crippen molar-refractivity contribution >= 4 is 28.5 Å². The van der Waals surface area contributed by atoms with Crippen LogP contribution in [0.1, 0.15) is 39.2 Å². The van der Waals surface area contributed by atoms with E-state index in [1.165, 1.54) is 5.57 Å². The Morgan fingerprint density at radius 2 is 1.75 bits per heavy atom. The molecule has 1 aromatic rings. The predicted molar refractivity (Wildman–Crippen MR) is 114 cm³/mol. The van der Waals surface area contributed by atoms with Crippen molar-refractivity contribution in [3.05, 3.63) is 70.9 Å². The van der Waals surface area contributed by atoms with Crippen molar-refractivity contribution in [2.75, 3.05) is 0 Å². The molecule has 0 unspecified atom stereocenters. The van der Waals surface area contributed by atoms with E-state index in [4.69, 9.17) is 0 Å². The molecule has 0 aliphatic heterocycles. The van der Waals surface area contributed by atoms with Gasteiger partial charge >= 0.3 is 0 Å². The minimum atomic E-state index is 0.612. The Balaban J connectivity index is 0. The van der Waals surface area contributed by atoms with Gasteiger partial charge in [-0.3, -0.25) is 0 Å². The maximum atomic E-state index is 4.44. The monoisotopic (exact) mass is 386 g/mol. The summed E-state index contributed by atoms with van der Waals surface area (Å²) in [4.78, 5) is 8.41. The maximum Gasteiger partial charge on any atom is 0.159 e. The SMILES string of the molecule is C#C.C=CC/C=C(\C)C/C=C(Br)\N=C(/N=C)c1ccccc1.CC. The first-order valence-corrected chi connectivity index (χ1v) is 8.53. The fourth-order valence-corrected chi connectivity index (χ4v) is 1.87. The van der Waals surface area contributed by atoms with Gasteiger partial charge in [-0.2, -0.15) is 0 Å². The summed E-state index contributed by atoms with van der Waals surface area (Å²) in [7, 11) is 0. The van der Waals surface area contributed by atoms with Gasteiger partial charge in [-0.15, -0.1) is 19.4 Å². The maximum absolute atomic E-state index is 4.44. The van der Waals surface area contributed by atoms with Crippen molar-refractivity contribution in [3.8, 4) is 12.8 Å². The quantitative estimate of drug-likeness (QED) is 0.174. The third-order valence-electron chi connectivity index (χ3n) is 2.62. The van der Waals surface area contributed by atoms with E-state index in [0.29, 0.717) is 5.84 Å². The fourth-order valence-electron chi connectivity index (χ4n) is 1.54. The Morgan fingerprint density at radius 3 is 2.25 bits per heavy atom. The van der Waals surface area contributed by atoms with Crippen LogP contribution in [0, 0.1) is 12.8 Å². The number of terminal acetylenes is 1. The Bertz CT molecular complexity index is 578. The summed E-state index contributed by atoms with van der Waals surface area (Å²) in [6, 6.07) is 9.79. The first kappa shape index (κ1) is 24.1. The van der Waals surface area contributed by atoms with Gasteiger partial charge in [0.1, 0.15) is 4.61 Å². The van der Waals surface area contributed by atoms with Crippen molar-refractivity contribution in [1.82, 2.24) is 0 Å². The molecule has 24 heavy (non-hydrogen) atoms. The molecule has 0 radical (unpaired) electrons. The lowest BCUT2D eigenvalue weighted by atomic mass is 10.2. The summed E-state index contributed by atoms with van der Waals surface area (Å²) in [6.45, 7) is 13.4. The minimum Gasteiger partial charge on any atom is -0.245 e. The standard InChI is InChI=1S/C17H19BrN2.C2H6.C2H2/c1-4-5-9-14(2)12-13-16(18)20-17(19-3)15-10-7-6-8-11-15;2*1-2/h4,6-11,13H,1,3,5,12H2,2H3;1-2H3;1-2H/b14-9+,16-13-,20-17-;;. The molecule has 0 atom stereocenters. The summed E-state index contributed by atoms with van der Waals surface area (Å²) in [5, 5.41) is 0. The highest BCUT2D eigenvalue weighted by molar-refractivity contribution is 9.11. The fraction of sp³-hybridized carbons (Fsp3) is 0.238. The van der Waals surface area contributed by atoms with Crippen LogP contribution >= 0.6 is 15.9 Å². The third-order valence-corrected chi connectivity index (χ3v) is 3.12. The number of hydrogen-bond donors (Lipinski definition) is 0. The van der Waals surface area contributed by atoms with Gasteiger partial charge in [0.25, 0.3) is 0 Å². The molecule has 3 heteroatoms. The highest BCUT2D eigenvalue weighted by Gasteiger charge is 2.00. The third kappa shape index (κ3) is 11.4. The van der Waals surface area contributed by atoms with Crippen molar-refractivity contribution in [2.45, 2.75) is 33.6 Å². The molecule has 0 saturated heterocycles. The Kier molecular flexibility index (Phi) is 17.2. The van der Waals surface area contributed by atoms with Gasteiger partial charge in [0.2, 0.25) is 0 Å². The number of nitrogens with zero attached hydrogens (tertiary/aromatic N) is 2. The minimum absolute atomic E-state index is 0.612. The van der Waals surface area contributed by atoms with Crippen LogP contribution in [0.4, 0.5) is 0 Å². The summed E-state index contributed by atoms with van der Waals surface area (Å²) in [5.41, 5.74) is 2.23. The van der Waals surface area contributed by atoms with Crippen LogP contribution in [0.25, 0.3) is 0 Å². The van der Waals surface area contributed by atoms with Crippen LogP contribution < -0.4 is 0 Å². The predicted octanol–water partition coefficient (Wildman–Crippen LogP) is 6.56. The van der Waals surface area contributed by atoms with Crippen LogP contribution in [0.2, 0.25) is 0 Å². The molecule has 2 nitrogen and oxygen atoms in total. The molecular formula is C21H27BrN2. The van der Waals surface area contributed by atoms with Crippen molar-refractivity contribution in [2.24, 2.45) is 9.98 Å². The Labute approximate surface area is 156 Å². The molecule has 0 fully saturated rings. The second kappa shape index (κ2) is 17.2. The molecule has 0 saturated carbocycles. The average molecular weight is 387 g/mol. The molecule has 128 valence electrons. The zero-order chi connectivity index (χ0) is 18.8. The molecule has 0 spiro atoms. The van der Waals surface area contributed by atoms with Gasteiger partial charge in [-0.05, 0) is 48.5 Å². The zero-order valence-corrected chi connectivity index (χ0v) is 16.5. The normalized spacial score (nSPS) is 11.3. The topological polar surface area (TPSA) is 24.7 Å². The summed E-state index contributed by atoms with van der Waals surface area (Å²) in [5.74, 6) is 0.612. The summed E-state index contributed by atoms with van der Waals surface area (Å²) in [6.07, 6.45) is 15.8. The van der Waals surface area contributed by atoms with E-state index in [0.717, 1.165) is 23.0 Å². The molecule has 0 heterocycles. The zero-order valence-electron chi connectivity index (χ0n) is 14.9. The second-order valence-corrected chi connectivity index (χ2v) is 5.08. The van der Waals surface area contributed by atoms with Gasteiger partial charge in [0.15, 0.2) is 5.84 Å². The molecule has 0 aliphatic carbocycles. The highest BCUT2D eigenvalue weighted by Crippen LogP contribution is 2.14. The van der Waals surface area contributed by atoms with Crippen LogP contribution in [0.15, 0.2) is 75.3 Å². The molecule has 1 rings (SSSR count). The van der Waals surface area contributed by atoms with Crippen LogP contribution in [-0.4, -0.2) is 12.6 Å². The van der Waals surface area contributed by atoms with E-state index in [1.807, 2.05) is 56.3 Å². The molecule has 0 amide bonds. The van der Waals surface area contributed by atoms with Gasteiger partial charge in [-0.25, -0.2) is 9.98 Å². The van der Waals surface area contributed by atoms with E-state index in [-0.39, 0.29) is 0 Å². The van der Waals surface area contributed by atoms with Gasteiger partial charge in [0.05, 0.1) is 0 Å². The van der Waals surface area contributed by atoms with Crippen molar-refractivity contribution in [1.29, 1.82) is 0 Å². The Hall–Kier alpha value is -2.18. The van der Waals surface area contributed by atoms with E-state index in [9.17, 15) is 0 Å². The molecule has 0 aliphatic rings. The molecule has 0 bridgehead atoms. The second-order valence-electron chi connectivity index (χ2n) is 4.27. The van der Waals surface area contributed by atoms with Gasteiger partial charge < -0.3 is 0 Å². The van der Waals surface area contributed by atoms with Crippen molar-refractivity contribution < 1.29 is 0 Å². The number of allylic oxidation sites excluding steroid dienone is 4. The number of amidine groups is 1. The van der Waals surface area contributed by atoms with E-state index < -0.39 is 0 Å². The number of rotatable bonds is 6. The summed E-state index contributed by atoms with van der Waals surface area (Å²) >= 11 is 3.45. The first-order valence-electron chi connectivity index (χ1n) is 7.73. The molecular weight excluding hydrogens is 360 g/mol. The van der Waals surface area contributed by atoms with E-state index in [2.05, 4.69) is 65.1 Å². The lowest BCUT2D eigenvalue weighted by molar-refractivity contribution is 1.16. The number of benzene rings is 1. The number of hydrogen-bond acceptors (Lipinski definition) is 1. The van der Waals surface area contributed by atoms with Gasteiger partial charge in [-0.1, -0.05) is 61.9 Å². The first-order chi connectivity index (χ1) is 11.7. The number of halogens is 1. The Morgan fingerprint density at radius 1 is 1.17 bits per heavy atom. The van der Waals surface area contributed by atoms with Crippen LogP contribution in [0.5, 0.6) is 0 Å². The van der Waals surface area contributed by atoms with E-state index in [1.54, 1.807) is 0 Å². The number of aliphatic imine (C=N–C) groups is 2.